The summed E-state index contributed by atoms with van der Waals surface area (Å²) in [6.07, 6.45) is 3.32. The van der Waals surface area contributed by atoms with E-state index >= 15 is 0 Å². The Labute approximate surface area is 126 Å². The summed E-state index contributed by atoms with van der Waals surface area (Å²) >= 11 is 0. The highest BCUT2D eigenvalue weighted by Gasteiger charge is 2.25. The summed E-state index contributed by atoms with van der Waals surface area (Å²) in [4.78, 5) is 3.29. The van der Waals surface area contributed by atoms with Crippen molar-refractivity contribution in [1.29, 1.82) is 0 Å². The molecule has 0 unspecified atom stereocenters. The number of aryl methyl sites for hydroxylation is 3. The van der Waals surface area contributed by atoms with Crippen molar-refractivity contribution in [2.45, 2.75) is 37.5 Å². The predicted octanol–water partition coefficient (Wildman–Crippen LogP) is 2.94. The number of halogens is 2. The van der Waals surface area contributed by atoms with Crippen LogP contribution < -0.4 is 4.72 Å². The van der Waals surface area contributed by atoms with Crippen LogP contribution in [0.4, 0.5) is 14.8 Å². The first-order chi connectivity index (χ1) is 10.4. The molecule has 0 fully saturated rings. The molecule has 1 aliphatic rings. The molecule has 1 N–H and O–H groups in total. The van der Waals surface area contributed by atoms with Crippen molar-refractivity contribution in [2.75, 3.05) is 4.72 Å². The van der Waals surface area contributed by atoms with Gasteiger partial charge in [0, 0.05) is 6.42 Å². The highest BCUT2D eigenvalue weighted by atomic mass is 32.2. The summed E-state index contributed by atoms with van der Waals surface area (Å²) < 4.78 is 59.1. The lowest BCUT2D eigenvalue weighted by Crippen LogP contribution is -2.15. The molecule has 3 rings (SSSR count). The first-order valence-corrected chi connectivity index (χ1v) is 8.32. The van der Waals surface area contributed by atoms with Crippen LogP contribution in [0.1, 0.15) is 29.9 Å². The van der Waals surface area contributed by atoms with Crippen LogP contribution in [0.3, 0.4) is 0 Å². The van der Waals surface area contributed by atoms with Crippen LogP contribution in [0.15, 0.2) is 21.4 Å². The van der Waals surface area contributed by atoms with Gasteiger partial charge in [-0.25, -0.2) is 21.9 Å². The first kappa shape index (κ1) is 15.0. The molecule has 0 saturated heterocycles. The van der Waals surface area contributed by atoms with Crippen LogP contribution in [0.2, 0.25) is 0 Å². The molecule has 1 heterocycles. The number of sulfonamides is 1. The molecule has 22 heavy (non-hydrogen) atoms. The van der Waals surface area contributed by atoms with Crippen molar-refractivity contribution in [2.24, 2.45) is 0 Å². The van der Waals surface area contributed by atoms with Gasteiger partial charge < -0.3 is 4.42 Å². The Morgan fingerprint density at radius 2 is 1.91 bits per heavy atom. The Bertz CT molecular complexity index is 807. The second-order valence-corrected chi connectivity index (χ2v) is 6.88. The number of nitrogens with zero attached hydrogens (tertiary/aromatic N) is 1. The van der Waals surface area contributed by atoms with Crippen molar-refractivity contribution >= 4 is 16.0 Å². The number of aromatic nitrogens is 1. The lowest BCUT2D eigenvalue weighted by Gasteiger charge is -2.07. The van der Waals surface area contributed by atoms with Gasteiger partial charge in [0.05, 0.1) is 5.69 Å². The number of hydrogen-bond acceptors (Lipinski definition) is 4. The molecule has 8 heteroatoms. The summed E-state index contributed by atoms with van der Waals surface area (Å²) in [6, 6.07) is 1.27. The molecule has 0 bridgehead atoms. The molecule has 1 aliphatic carbocycles. The third kappa shape index (κ3) is 2.70. The molecule has 5 nitrogen and oxygen atoms in total. The molecule has 0 spiro atoms. The average Bonchev–Trinajstić information content (AvgIpc) is 2.83. The van der Waals surface area contributed by atoms with Crippen LogP contribution in [-0.4, -0.2) is 13.4 Å². The van der Waals surface area contributed by atoms with Gasteiger partial charge in [0.1, 0.15) is 22.3 Å². The Hall–Kier alpha value is -1.96. The van der Waals surface area contributed by atoms with E-state index in [1.165, 1.54) is 6.92 Å². The van der Waals surface area contributed by atoms with Gasteiger partial charge in [-0.15, -0.1) is 0 Å². The monoisotopic (exact) mass is 328 g/mol. The van der Waals surface area contributed by atoms with E-state index in [2.05, 4.69) is 9.71 Å². The van der Waals surface area contributed by atoms with Gasteiger partial charge in [-0.05, 0) is 43.9 Å². The molecule has 1 aromatic carbocycles. The van der Waals surface area contributed by atoms with Crippen LogP contribution in [0.25, 0.3) is 0 Å². The third-order valence-corrected chi connectivity index (χ3v) is 4.91. The second kappa shape index (κ2) is 5.35. The summed E-state index contributed by atoms with van der Waals surface area (Å²) in [5, 5.41) is 0. The maximum Gasteiger partial charge on any atom is 0.309 e. The van der Waals surface area contributed by atoms with E-state index < -0.39 is 26.6 Å². The van der Waals surface area contributed by atoms with Gasteiger partial charge in [-0.3, -0.25) is 0 Å². The molecule has 118 valence electrons. The van der Waals surface area contributed by atoms with Crippen LogP contribution in [0.5, 0.6) is 0 Å². The topological polar surface area (TPSA) is 72.2 Å². The predicted molar refractivity (Wildman–Crippen MR) is 75.0 cm³/mol. The Balaban J connectivity index is 1.94. The van der Waals surface area contributed by atoms with E-state index in [9.17, 15) is 17.2 Å². The number of nitrogens with one attached hydrogen (secondary N) is 1. The second-order valence-electron chi connectivity index (χ2n) is 5.23. The lowest BCUT2D eigenvalue weighted by molar-refractivity contribution is 0.489. The molecule has 1 aromatic heterocycles. The van der Waals surface area contributed by atoms with E-state index in [1.807, 2.05) is 0 Å². The highest BCUT2D eigenvalue weighted by molar-refractivity contribution is 7.92. The molecule has 0 radical (unpaired) electrons. The first-order valence-electron chi connectivity index (χ1n) is 6.84. The number of hydrogen-bond donors (Lipinski definition) is 1. The minimum absolute atomic E-state index is 0.0306. The van der Waals surface area contributed by atoms with Crippen LogP contribution in [-0.2, 0) is 22.9 Å². The maximum absolute atomic E-state index is 13.8. The Morgan fingerprint density at radius 1 is 1.18 bits per heavy atom. The van der Waals surface area contributed by atoms with Crippen LogP contribution >= 0.6 is 0 Å². The number of rotatable bonds is 3. The summed E-state index contributed by atoms with van der Waals surface area (Å²) in [6.45, 7) is 1.35. The SMILES string of the molecule is Cc1cc(F)c(S(=O)(=O)Nc2nc3c(o2)CCCC3)cc1F. The molecule has 2 aromatic rings. The fourth-order valence-electron chi connectivity index (χ4n) is 2.40. The van der Waals surface area contributed by atoms with Crippen molar-refractivity contribution in [3.63, 3.8) is 0 Å². The van der Waals surface area contributed by atoms with E-state index in [1.54, 1.807) is 0 Å². The number of anilines is 1. The van der Waals surface area contributed by atoms with Crippen molar-refractivity contribution < 1.29 is 21.6 Å². The number of benzene rings is 1. The maximum atomic E-state index is 13.8. The fraction of sp³-hybridized carbons (Fsp3) is 0.357. The van der Waals surface area contributed by atoms with Gasteiger partial charge in [-0.1, -0.05) is 0 Å². The van der Waals surface area contributed by atoms with Gasteiger partial charge in [-0.2, -0.15) is 4.98 Å². The van der Waals surface area contributed by atoms with E-state index in [0.29, 0.717) is 30.4 Å². The zero-order valence-corrected chi connectivity index (χ0v) is 12.6. The van der Waals surface area contributed by atoms with E-state index in [-0.39, 0.29) is 11.6 Å². The number of oxazole rings is 1. The van der Waals surface area contributed by atoms with Crippen molar-refractivity contribution in [1.82, 2.24) is 4.98 Å². The Kier molecular flexibility index (Phi) is 3.64. The molecule has 0 saturated carbocycles. The molecule has 0 atom stereocenters. The Morgan fingerprint density at radius 3 is 2.64 bits per heavy atom. The minimum atomic E-state index is -4.30. The zero-order chi connectivity index (χ0) is 15.9. The van der Waals surface area contributed by atoms with Crippen LogP contribution in [0, 0.1) is 18.6 Å². The lowest BCUT2D eigenvalue weighted by atomic mass is 10.0. The van der Waals surface area contributed by atoms with Crippen molar-refractivity contribution in [3.05, 3.63) is 40.8 Å². The summed E-state index contributed by atoms with van der Waals surface area (Å²) in [5.74, 6) is -1.18. The van der Waals surface area contributed by atoms with Gasteiger partial charge in [0.25, 0.3) is 10.0 Å². The minimum Gasteiger partial charge on any atom is -0.428 e. The summed E-state index contributed by atoms with van der Waals surface area (Å²) in [5.41, 5.74) is 0.738. The molecule has 0 amide bonds. The van der Waals surface area contributed by atoms with Gasteiger partial charge in [0.15, 0.2) is 0 Å². The van der Waals surface area contributed by atoms with Crippen molar-refractivity contribution in [3.8, 4) is 0 Å². The standard InChI is InChI=1S/C14H14F2N2O3S/c1-8-6-10(16)13(7-9(8)15)22(19,20)18-14-17-11-4-2-3-5-12(11)21-14/h6-7H,2-5H2,1H3,(H,17,18). The third-order valence-electron chi connectivity index (χ3n) is 3.57. The quantitative estimate of drug-likeness (QED) is 0.940. The average molecular weight is 328 g/mol. The molecular formula is C14H14F2N2O3S. The summed E-state index contributed by atoms with van der Waals surface area (Å²) in [7, 11) is -4.30. The van der Waals surface area contributed by atoms with E-state index in [0.717, 1.165) is 18.9 Å². The molecular weight excluding hydrogens is 314 g/mol. The number of fused-ring (bicyclic) bond motifs is 1. The normalized spacial score (nSPS) is 14.7. The fourth-order valence-corrected chi connectivity index (χ4v) is 3.40. The van der Waals surface area contributed by atoms with Gasteiger partial charge in [0.2, 0.25) is 0 Å². The smallest absolute Gasteiger partial charge is 0.309 e. The van der Waals surface area contributed by atoms with E-state index in [4.69, 9.17) is 4.42 Å². The largest absolute Gasteiger partial charge is 0.428 e. The van der Waals surface area contributed by atoms with Gasteiger partial charge >= 0.3 is 6.01 Å². The highest BCUT2D eigenvalue weighted by Crippen LogP contribution is 2.26. The zero-order valence-electron chi connectivity index (χ0n) is 11.8. The molecule has 0 aliphatic heterocycles.